The summed E-state index contributed by atoms with van der Waals surface area (Å²) in [5.41, 5.74) is -0.707. The number of halogens is 5. The number of fused-ring (bicyclic) bond motifs is 1. The number of aliphatic hydroxyl groups is 1. The van der Waals surface area contributed by atoms with E-state index in [1.165, 1.54) is 0 Å². The maximum absolute atomic E-state index is 15.6. The molecule has 1 atom stereocenters. The lowest BCUT2D eigenvalue weighted by Gasteiger charge is -2.34. The summed E-state index contributed by atoms with van der Waals surface area (Å²) >= 11 is 6.39. The van der Waals surface area contributed by atoms with E-state index in [0.29, 0.717) is 24.9 Å². The van der Waals surface area contributed by atoms with Crippen LogP contribution in [0, 0.1) is 23.0 Å². The fraction of sp³-hybridized carbons (Fsp3) is 0.345. The zero-order valence-corrected chi connectivity index (χ0v) is 21.5. The van der Waals surface area contributed by atoms with Gasteiger partial charge in [-0.1, -0.05) is 41.9 Å². The Hall–Kier alpha value is -3.32. The first-order valence-electron chi connectivity index (χ1n) is 12.6. The Kier molecular flexibility index (Phi) is 7.72. The molecule has 0 saturated heterocycles. The summed E-state index contributed by atoms with van der Waals surface area (Å²) < 4.78 is 67.4. The highest BCUT2D eigenvalue weighted by Gasteiger charge is 2.44. The first-order valence-corrected chi connectivity index (χ1v) is 12.9. The molecule has 1 saturated carbocycles. The van der Waals surface area contributed by atoms with E-state index in [9.17, 15) is 19.1 Å². The fourth-order valence-corrected chi connectivity index (χ4v) is 5.74. The molecule has 204 valence electrons. The van der Waals surface area contributed by atoms with Gasteiger partial charge in [-0.2, -0.15) is 14.0 Å². The van der Waals surface area contributed by atoms with Crippen molar-refractivity contribution < 1.29 is 32.1 Å². The monoisotopic (exact) mass is 560 g/mol. The normalized spacial score (nSPS) is 22.3. The van der Waals surface area contributed by atoms with Crippen molar-refractivity contribution in [1.29, 1.82) is 5.26 Å². The molecule has 10 heteroatoms. The summed E-state index contributed by atoms with van der Waals surface area (Å²) in [7, 11) is 0. The van der Waals surface area contributed by atoms with Gasteiger partial charge < -0.3 is 19.9 Å². The minimum atomic E-state index is -3.31. The predicted octanol–water partition coefficient (Wildman–Crippen LogP) is 6.48. The zero-order valence-electron chi connectivity index (χ0n) is 20.7. The number of ether oxygens (including phenoxy) is 2. The summed E-state index contributed by atoms with van der Waals surface area (Å²) in [5, 5.41) is 22.6. The Balaban J connectivity index is 1.61. The average molecular weight is 561 g/mol. The molecular weight excluding hydrogens is 536 g/mol. The molecule has 0 unspecified atom stereocenters. The quantitative estimate of drug-likeness (QED) is 0.324. The maximum atomic E-state index is 15.6. The van der Waals surface area contributed by atoms with Crippen LogP contribution in [0.3, 0.4) is 0 Å². The molecular formula is C29H25ClF4N2O3. The van der Waals surface area contributed by atoms with Gasteiger partial charge in [0.15, 0.2) is 17.2 Å². The van der Waals surface area contributed by atoms with E-state index in [1.807, 2.05) is 36.4 Å². The lowest BCUT2D eigenvalue weighted by atomic mass is 9.84. The number of nitrogens with one attached hydrogen (secondary N) is 1. The van der Waals surface area contributed by atoms with Crippen molar-refractivity contribution in [3.8, 4) is 28.7 Å². The number of nitriles is 1. The van der Waals surface area contributed by atoms with Crippen LogP contribution >= 0.6 is 11.6 Å². The van der Waals surface area contributed by atoms with E-state index >= 15 is 8.78 Å². The van der Waals surface area contributed by atoms with E-state index in [2.05, 4.69) is 10.1 Å². The van der Waals surface area contributed by atoms with Crippen LogP contribution in [0.15, 0.2) is 48.5 Å². The number of benzene rings is 3. The van der Waals surface area contributed by atoms with E-state index < -0.39 is 40.2 Å². The second-order valence-corrected chi connectivity index (χ2v) is 10.2. The highest BCUT2D eigenvalue weighted by atomic mass is 35.5. The topological polar surface area (TPSA) is 74.5 Å². The lowest BCUT2D eigenvalue weighted by Crippen LogP contribution is -2.46. The second-order valence-electron chi connectivity index (χ2n) is 9.84. The Morgan fingerprint density at radius 2 is 1.82 bits per heavy atom. The van der Waals surface area contributed by atoms with Crippen LogP contribution in [0.5, 0.6) is 11.5 Å². The van der Waals surface area contributed by atoms with Crippen molar-refractivity contribution in [3.63, 3.8) is 0 Å². The summed E-state index contributed by atoms with van der Waals surface area (Å²) in [4.78, 5) is 0. The van der Waals surface area contributed by atoms with Gasteiger partial charge in [-0.05, 0) is 43.4 Å². The third-order valence-electron chi connectivity index (χ3n) is 7.42. The Morgan fingerprint density at radius 3 is 2.49 bits per heavy atom. The smallest absolute Gasteiger partial charge is 0.387 e. The Labute approximate surface area is 227 Å². The van der Waals surface area contributed by atoms with Crippen LogP contribution in [0.1, 0.15) is 42.4 Å². The van der Waals surface area contributed by atoms with Crippen LogP contribution in [0.2, 0.25) is 5.02 Å². The summed E-state index contributed by atoms with van der Waals surface area (Å²) in [5.74, 6) is -2.84. The number of aliphatic hydroxyl groups excluding tert-OH is 1. The number of alkyl halides is 2. The molecule has 5 nitrogen and oxygen atoms in total. The molecule has 0 spiro atoms. The molecule has 0 radical (unpaired) electrons. The number of hydrogen-bond donors (Lipinski definition) is 2. The minimum absolute atomic E-state index is 0.111. The molecule has 1 fully saturated rings. The zero-order chi connectivity index (χ0) is 27.7. The summed E-state index contributed by atoms with van der Waals surface area (Å²) in [6, 6.07) is 14.4. The Bertz CT molecular complexity index is 1410. The molecule has 0 bridgehead atoms. The third kappa shape index (κ3) is 5.29. The standard InChI is InChI=1S/C29H25ClF4N2O3/c30-26-21(31)12-23-20(25(26)24-16(14-35)6-11-22(27(24)32)38-28(33)34)13-29(39-23,17-4-2-1-3-5-17)15-36-18-7-9-19(37)10-8-18/h1-6,11-12,18-19,28,36-37H,7-10,13,15H2/t18?,19?,29-/m1/s1. The fourth-order valence-electron chi connectivity index (χ4n) is 5.47. The maximum Gasteiger partial charge on any atom is 0.387 e. The van der Waals surface area contributed by atoms with Gasteiger partial charge in [0, 0.05) is 41.8 Å². The van der Waals surface area contributed by atoms with Crippen LogP contribution in [0.4, 0.5) is 17.6 Å². The van der Waals surface area contributed by atoms with E-state index in [4.69, 9.17) is 16.3 Å². The lowest BCUT2D eigenvalue weighted by molar-refractivity contribution is -0.0521. The van der Waals surface area contributed by atoms with E-state index in [1.54, 1.807) is 0 Å². The molecule has 0 amide bonds. The van der Waals surface area contributed by atoms with Crippen LogP contribution in [0.25, 0.3) is 11.1 Å². The van der Waals surface area contributed by atoms with Crippen LogP contribution in [-0.2, 0) is 12.0 Å². The van der Waals surface area contributed by atoms with Crippen molar-refractivity contribution >= 4 is 11.6 Å². The third-order valence-corrected chi connectivity index (χ3v) is 7.79. The van der Waals surface area contributed by atoms with Gasteiger partial charge in [0.2, 0.25) is 0 Å². The van der Waals surface area contributed by atoms with Gasteiger partial charge in [-0.15, -0.1) is 0 Å². The second kappa shape index (κ2) is 11.0. The van der Waals surface area contributed by atoms with Crippen molar-refractivity contribution in [2.24, 2.45) is 0 Å². The van der Waals surface area contributed by atoms with Gasteiger partial charge in [0.05, 0.1) is 22.8 Å². The van der Waals surface area contributed by atoms with Crippen LogP contribution in [-0.4, -0.2) is 30.4 Å². The van der Waals surface area contributed by atoms with Crippen LogP contribution < -0.4 is 14.8 Å². The van der Waals surface area contributed by atoms with Crippen molar-refractivity contribution in [2.45, 2.75) is 56.5 Å². The molecule has 5 rings (SSSR count). The van der Waals surface area contributed by atoms with Crippen molar-refractivity contribution in [1.82, 2.24) is 5.32 Å². The first-order chi connectivity index (χ1) is 18.7. The molecule has 1 aliphatic heterocycles. The predicted molar refractivity (Wildman–Crippen MR) is 137 cm³/mol. The summed E-state index contributed by atoms with van der Waals surface area (Å²) in [6.07, 6.45) is 2.72. The molecule has 2 aliphatic rings. The molecule has 3 aromatic carbocycles. The molecule has 39 heavy (non-hydrogen) atoms. The number of nitrogens with zero attached hydrogens (tertiary/aromatic N) is 1. The van der Waals surface area contributed by atoms with Gasteiger partial charge in [-0.25, -0.2) is 8.78 Å². The number of hydrogen-bond acceptors (Lipinski definition) is 5. The van der Waals surface area contributed by atoms with Crippen molar-refractivity contribution in [3.05, 3.63) is 81.9 Å². The van der Waals surface area contributed by atoms with Gasteiger partial charge in [-0.3, -0.25) is 0 Å². The SMILES string of the molecule is N#Cc1ccc(OC(F)F)c(F)c1-c1c(Cl)c(F)cc2c1C[C@@](CNC1CCC(O)CC1)(c1ccccc1)O2. The minimum Gasteiger partial charge on any atom is -0.480 e. The van der Waals surface area contributed by atoms with Crippen molar-refractivity contribution in [2.75, 3.05) is 6.54 Å². The molecule has 2 N–H and O–H groups in total. The molecule has 1 aliphatic carbocycles. The average Bonchev–Trinajstić information content (AvgIpc) is 3.30. The Morgan fingerprint density at radius 1 is 1.10 bits per heavy atom. The van der Waals surface area contributed by atoms with E-state index in [-0.39, 0.29) is 35.4 Å². The first kappa shape index (κ1) is 27.3. The summed E-state index contributed by atoms with van der Waals surface area (Å²) in [6.45, 7) is -3.00. The molecule has 3 aromatic rings. The highest BCUT2D eigenvalue weighted by molar-refractivity contribution is 6.34. The molecule has 0 aromatic heterocycles. The highest BCUT2D eigenvalue weighted by Crippen LogP contribution is 2.50. The number of rotatable bonds is 7. The largest absolute Gasteiger partial charge is 0.480 e. The van der Waals surface area contributed by atoms with Gasteiger partial charge >= 0.3 is 6.61 Å². The van der Waals surface area contributed by atoms with Gasteiger partial charge in [0.1, 0.15) is 11.6 Å². The van der Waals surface area contributed by atoms with Gasteiger partial charge in [0.25, 0.3) is 0 Å². The molecule has 1 heterocycles. The van der Waals surface area contributed by atoms with E-state index in [0.717, 1.165) is 36.6 Å².